The van der Waals surface area contributed by atoms with Crippen LogP contribution in [0.5, 0.6) is 0 Å². The Labute approximate surface area is 489 Å². The summed E-state index contributed by atoms with van der Waals surface area (Å²) in [6, 6.07) is 52.8. The largest absolute Gasteiger partial charge is 0.314 e. The maximum Gasteiger partial charge on any atom is 0.136 e. The van der Waals surface area contributed by atoms with E-state index in [2.05, 4.69) is 31.9 Å². The van der Waals surface area contributed by atoms with Crippen molar-refractivity contribution in [2.24, 2.45) is 0 Å². The number of rotatable bonds is 0. The fraction of sp³-hybridized carbons (Fsp3) is 0.200. The first-order chi connectivity index (χ1) is 40.0. The first kappa shape index (κ1) is 70.9. The molecule has 83 heavy (non-hydrogen) atoms. The van der Waals surface area contributed by atoms with Crippen molar-refractivity contribution in [2.75, 3.05) is 78.5 Å². The summed E-state index contributed by atoms with van der Waals surface area (Å²) in [5, 5.41) is 162. The summed E-state index contributed by atoms with van der Waals surface area (Å²) in [5.41, 5.74) is 0.0149. The molecule has 1 heterocycles. The second-order valence-corrected chi connectivity index (χ2v) is 15.6. The predicted molar refractivity (Wildman–Crippen MR) is 297 cm³/mol. The Bertz CT molecular complexity index is 3130. The Balaban J connectivity index is 0.00000101. The molecule has 0 spiro atoms. The Morgan fingerprint density at radius 3 is 0.313 bits per heavy atom. The summed E-state index contributed by atoms with van der Waals surface area (Å²) in [7, 11) is 0. The molecule has 4 aromatic carbocycles. The van der Waals surface area contributed by atoms with Gasteiger partial charge in [0.15, 0.2) is 0 Å². The molecular formula is C60H46N22Ni. The Kier molecular flexibility index (Phi) is 38.5. The minimum atomic E-state index is 0. The molecule has 1 aliphatic heterocycles. The zero-order valence-electron chi connectivity index (χ0n) is 44.2. The van der Waals surface area contributed by atoms with Gasteiger partial charge in [0.25, 0.3) is 0 Å². The van der Waals surface area contributed by atoms with Gasteiger partial charge in [-0.15, -0.1) is 0 Å². The number of hydrogen-bond donors (Lipinski definition) is 6. The van der Waals surface area contributed by atoms with Gasteiger partial charge in [-0.25, -0.2) is 0 Å². The zero-order chi connectivity index (χ0) is 60.6. The Morgan fingerprint density at radius 2 is 0.253 bits per heavy atom. The van der Waals surface area contributed by atoms with E-state index in [9.17, 15) is 0 Å². The fourth-order valence-electron chi connectivity index (χ4n) is 6.26. The van der Waals surface area contributed by atoms with Gasteiger partial charge in [-0.3, -0.25) is 0 Å². The molecule has 5 rings (SSSR count). The van der Waals surface area contributed by atoms with Gasteiger partial charge in [0.1, 0.15) is 142 Å². The number of nitrogens with one attached hydrogen (secondary N) is 6. The van der Waals surface area contributed by atoms with Gasteiger partial charge >= 0.3 is 0 Å². The summed E-state index contributed by atoms with van der Waals surface area (Å²) < 4.78 is 0. The van der Waals surface area contributed by atoms with Crippen LogP contribution >= 0.6 is 0 Å². The van der Waals surface area contributed by atoms with Crippen molar-refractivity contribution in [3.8, 4) is 97.1 Å². The third kappa shape index (κ3) is 26.7. The molecule has 0 unspecified atom stereocenters. The quantitative estimate of drug-likeness (QED) is 0.102. The van der Waals surface area contributed by atoms with Crippen LogP contribution in [-0.4, -0.2) is 78.5 Å². The molecule has 6 N–H and O–H groups in total. The molecule has 0 atom stereocenters. The van der Waals surface area contributed by atoms with Crippen LogP contribution in [0.15, 0.2) is 97.1 Å². The van der Waals surface area contributed by atoms with E-state index >= 15 is 0 Å². The number of hydrogen-bond acceptors (Lipinski definition) is 22. The summed E-state index contributed by atoms with van der Waals surface area (Å²) in [5.74, 6) is 0. The van der Waals surface area contributed by atoms with Crippen LogP contribution in [0.1, 0.15) is 0 Å². The molecule has 0 radical (unpaired) electrons. The van der Waals surface area contributed by atoms with E-state index in [0.29, 0.717) is 41.7 Å². The molecule has 0 amide bonds. The average molecular weight is 1130 g/mol. The summed E-state index contributed by atoms with van der Waals surface area (Å²) >= 11 is 0. The molecule has 0 saturated carbocycles. The number of nitriles is 16. The molecule has 1 saturated heterocycles. The van der Waals surface area contributed by atoms with Gasteiger partial charge in [0.2, 0.25) is 0 Å². The monoisotopic (exact) mass is 1130 g/mol. The van der Waals surface area contributed by atoms with E-state index < -0.39 is 0 Å². The fourth-order valence-corrected chi connectivity index (χ4v) is 6.26. The van der Waals surface area contributed by atoms with Crippen LogP contribution in [0, 0.1) is 181 Å². The molecule has 0 bridgehead atoms. The van der Waals surface area contributed by atoms with Gasteiger partial charge in [-0.1, -0.05) is 97.1 Å². The van der Waals surface area contributed by atoms with Crippen molar-refractivity contribution < 1.29 is 16.5 Å². The standard InChI is InChI=1S/C12H30N6.4C12H4N4.Ni/c1-2-14-5-6-16-9-10-18-12-11-17-8-7-15-4-3-13-1;4*13-5-11(6-14)9-1-2-10(4-3-9)12(7-15)8-16;/h13-18H,1-12H2;4*1-4H;. The van der Waals surface area contributed by atoms with Crippen LogP contribution in [0.4, 0.5) is 0 Å². The van der Waals surface area contributed by atoms with Gasteiger partial charge in [0.05, 0.1) is 0 Å². The topological polar surface area (TPSA) is 453 Å². The molecule has 1 fully saturated rings. The summed E-state index contributed by atoms with van der Waals surface area (Å²) in [6.45, 7) is 12.5. The minimum Gasteiger partial charge on any atom is -0.314 e. The molecule has 4 aromatic rings. The van der Waals surface area contributed by atoms with E-state index in [-0.39, 0.29) is 61.1 Å². The minimum absolute atomic E-state index is 0. The van der Waals surface area contributed by atoms with Crippen molar-refractivity contribution in [3.05, 3.63) is 139 Å². The van der Waals surface area contributed by atoms with Crippen molar-refractivity contribution in [1.29, 1.82) is 84.2 Å². The third-order valence-electron chi connectivity index (χ3n) is 10.5. The molecule has 0 aliphatic carbocycles. The van der Waals surface area contributed by atoms with Gasteiger partial charge < -0.3 is 31.9 Å². The Morgan fingerprint density at radius 1 is 0.181 bits per heavy atom. The van der Waals surface area contributed by atoms with Crippen molar-refractivity contribution in [1.82, 2.24) is 31.9 Å². The number of benzene rings is 4. The predicted octanol–water partition coefficient (Wildman–Crippen LogP) is -2.14. The first-order valence-electron chi connectivity index (χ1n) is 24.1. The maximum atomic E-state index is 8.63. The van der Waals surface area contributed by atoms with E-state index in [4.69, 9.17) is 84.2 Å². The van der Waals surface area contributed by atoms with Crippen molar-refractivity contribution in [3.63, 3.8) is 0 Å². The molecule has 1 aliphatic rings. The van der Waals surface area contributed by atoms with Crippen LogP contribution in [0.25, 0.3) is 44.6 Å². The second-order valence-electron chi connectivity index (χ2n) is 15.6. The zero-order valence-corrected chi connectivity index (χ0v) is 45.2. The third-order valence-corrected chi connectivity index (χ3v) is 10.5. The van der Waals surface area contributed by atoms with E-state index in [1.54, 1.807) is 97.1 Å². The number of nitrogens with zero attached hydrogens (tertiary/aromatic N) is 16. The molecule has 23 heteroatoms. The van der Waals surface area contributed by atoms with Crippen LogP contribution in [0.2, 0.25) is 0 Å². The van der Waals surface area contributed by atoms with Crippen LogP contribution < -0.4 is 73.6 Å². The first-order valence-corrected chi connectivity index (χ1v) is 24.1. The van der Waals surface area contributed by atoms with Gasteiger partial charge in [0, 0.05) is 137 Å². The van der Waals surface area contributed by atoms with Crippen molar-refractivity contribution >= 4 is 44.6 Å². The van der Waals surface area contributed by atoms with Gasteiger partial charge in [-0.2, -0.15) is 84.2 Å². The molecule has 22 nitrogen and oxygen atoms in total. The SMILES string of the molecule is C1CNCCNCCNCCNCCNCCN1.N#CC(C#N)=c1ccc(=C(C#N)C#N)cc1.N#CC(C#N)=c1ccc(=C(C#N)C#N)cc1.N#CC(C#N)=c1ccc(=C(C#N)C#N)cc1.N#CC(C#N)=c1ccc(=C(C#N)C#N)cc1.[Ni]. The summed E-state index contributed by atoms with van der Waals surface area (Å²) in [4.78, 5) is 0. The van der Waals surface area contributed by atoms with E-state index in [1.807, 2.05) is 0 Å². The smallest absolute Gasteiger partial charge is 0.136 e. The van der Waals surface area contributed by atoms with Crippen LogP contribution in [0.3, 0.4) is 0 Å². The van der Waals surface area contributed by atoms with Gasteiger partial charge in [-0.05, 0) is 0 Å². The second kappa shape index (κ2) is 45.0. The van der Waals surface area contributed by atoms with Crippen LogP contribution in [-0.2, 0) is 16.5 Å². The molecule has 406 valence electrons. The van der Waals surface area contributed by atoms with Crippen molar-refractivity contribution in [2.45, 2.75) is 0 Å². The average Bonchev–Trinajstić information content (AvgIpc) is 3.52. The van der Waals surface area contributed by atoms with E-state index in [1.165, 1.54) is 97.1 Å². The van der Waals surface area contributed by atoms with E-state index in [0.717, 1.165) is 78.5 Å². The normalized spacial score (nSPS) is 11.2. The molecule has 0 aromatic heterocycles. The maximum absolute atomic E-state index is 8.63. The Hall–Kier alpha value is -12.1. The molecular weight excluding hydrogens is 1090 g/mol. The summed E-state index contributed by atoms with van der Waals surface area (Å²) in [6.07, 6.45) is 0.